The molecule has 0 saturated heterocycles. The van der Waals surface area contributed by atoms with Crippen molar-refractivity contribution in [3.05, 3.63) is 83.0 Å². The van der Waals surface area contributed by atoms with Crippen LogP contribution in [-0.4, -0.2) is 14.2 Å². The molecule has 0 aliphatic rings. The second kappa shape index (κ2) is 7.00. The molecule has 0 aliphatic carbocycles. The summed E-state index contributed by atoms with van der Waals surface area (Å²) in [6, 6.07) is 22.5. The van der Waals surface area contributed by atoms with E-state index in [1.807, 2.05) is 60.7 Å². The predicted octanol–water partition coefficient (Wildman–Crippen LogP) is 5.14. The highest BCUT2D eigenvalue weighted by Gasteiger charge is 2.20. The van der Waals surface area contributed by atoms with Crippen LogP contribution in [0.25, 0.3) is 33.4 Å². The molecule has 0 saturated carbocycles. The Morgan fingerprint density at radius 1 is 0.741 bits per heavy atom. The molecule has 4 rings (SSSR count). The minimum atomic E-state index is -0.160. The molecule has 27 heavy (non-hydrogen) atoms. The summed E-state index contributed by atoms with van der Waals surface area (Å²) in [5.41, 5.74) is 2.74. The maximum absolute atomic E-state index is 13.0. The van der Waals surface area contributed by atoms with Crippen LogP contribution in [0.15, 0.2) is 82.0 Å². The molecule has 0 spiro atoms. The average molecular weight is 358 g/mol. The summed E-state index contributed by atoms with van der Waals surface area (Å²) >= 11 is 0. The summed E-state index contributed by atoms with van der Waals surface area (Å²) in [7, 11) is 3.12. The van der Waals surface area contributed by atoms with Gasteiger partial charge in [-0.3, -0.25) is 4.79 Å². The Morgan fingerprint density at radius 2 is 1.33 bits per heavy atom. The quantitative estimate of drug-likeness (QED) is 0.506. The Hall–Kier alpha value is -3.53. The fraction of sp³-hybridized carbons (Fsp3) is 0.0870. The Bertz CT molecular complexity index is 1150. The summed E-state index contributed by atoms with van der Waals surface area (Å²) < 4.78 is 17.3. The van der Waals surface area contributed by atoms with E-state index >= 15 is 0 Å². The van der Waals surface area contributed by atoms with Crippen LogP contribution in [0.4, 0.5) is 0 Å². The van der Waals surface area contributed by atoms with Crippen LogP contribution in [0.1, 0.15) is 0 Å². The van der Waals surface area contributed by atoms with Gasteiger partial charge < -0.3 is 13.9 Å². The highest BCUT2D eigenvalue weighted by molar-refractivity contribution is 5.99. The van der Waals surface area contributed by atoms with Gasteiger partial charge in [-0.05, 0) is 5.56 Å². The second-order valence-electron chi connectivity index (χ2n) is 6.07. The van der Waals surface area contributed by atoms with Crippen molar-refractivity contribution in [2.45, 2.75) is 0 Å². The molecule has 3 aromatic carbocycles. The van der Waals surface area contributed by atoms with E-state index in [4.69, 9.17) is 13.9 Å². The van der Waals surface area contributed by atoms with Gasteiger partial charge in [-0.25, -0.2) is 0 Å². The maximum atomic E-state index is 13.0. The first-order valence-corrected chi connectivity index (χ1v) is 8.56. The van der Waals surface area contributed by atoms with Crippen molar-refractivity contribution < 1.29 is 13.9 Å². The van der Waals surface area contributed by atoms with Gasteiger partial charge in [0.05, 0.1) is 19.8 Å². The Kier molecular flexibility index (Phi) is 4.38. The predicted molar refractivity (Wildman–Crippen MR) is 106 cm³/mol. The van der Waals surface area contributed by atoms with E-state index in [-0.39, 0.29) is 5.43 Å². The monoisotopic (exact) mass is 358 g/mol. The molecule has 1 heterocycles. The third-order valence-corrected chi connectivity index (χ3v) is 4.49. The van der Waals surface area contributed by atoms with Crippen molar-refractivity contribution in [2.24, 2.45) is 0 Å². The highest BCUT2D eigenvalue weighted by atomic mass is 16.5. The van der Waals surface area contributed by atoms with Gasteiger partial charge in [0.15, 0.2) is 11.0 Å². The smallest absolute Gasteiger partial charge is 0.197 e. The molecule has 4 nitrogen and oxygen atoms in total. The molecule has 0 amide bonds. The van der Waals surface area contributed by atoms with Gasteiger partial charge in [0.2, 0.25) is 0 Å². The summed E-state index contributed by atoms with van der Waals surface area (Å²) in [6.07, 6.45) is 0. The molecule has 0 N–H and O–H groups in total. The van der Waals surface area contributed by atoms with Crippen molar-refractivity contribution in [2.75, 3.05) is 14.2 Å². The summed E-state index contributed by atoms with van der Waals surface area (Å²) in [5.74, 6) is 1.51. The third kappa shape index (κ3) is 2.95. The molecule has 0 unspecified atom stereocenters. The van der Waals surface area contributed by atoms with Crippen LogP contribution in [0, 0.1) is 0 Å². The minimum Gasteiger partial charge on any atom is -0.496 e. The Labute approximate surface area is 156 Å². The van der Waals surface area contributed by atoms with Gasteiger partial charge in [0, 0.05) is 17.7 Å². The lowest BCUT2D eigenvalue weighted by molar-refractivity contribution is 0.397. The first-order chi connectivity index (χ1) is 13.2. The van der Waals surface area contributed by atoms with Gasteiger partial charge in [-0.15, -0.1) is 0 Å². The highest BCUT2D eigenvalue weighted by Crippen LogP contribution is 2.41. The van der Waals surface area contributed by atoms with Gasteiger partial charge in [0.1, 0.15) is 22.6 Å². The normalized spacial score (nSPS) is 10.7. The fourth-order valence-electron chi connectivity index (χ4n) is 3.22. The molecule has 0 aliphatic heterocycles. The molecular weight excluding hydrogens is 340 g/mol. The number of benzene rings is 3. The number of fused-ring (bicyclic) bond motifs is 1. The number of rotatable bonds is 4. The molecule has 1 aromatic heterocycles. The molecule has 134 valence electrons. The molecule has 4 aromatic rings. The zero-order chi connectivity index (χ0) is 18.8. The van der Waals surface area contributed by atoms with E-state index in [9.17, 15) is 4.79 Å². The standard InChI is InChI=1S/C23H18O4/c1-25-19-14-20(26-2)22-17(24)13-18(15-9-5-3-6-10-15)27-23(22)21(19)16-11-7-4-8-12-16/h3-14H,1-2H3. The molecule has 4 heteroatoms. The van der Waals surface area contributed by atoms with E-state index in [0.29, 0.717) is 28.2 Å². The summed E-state index contributed by atoms with van der Waals surface area (Å²) in [6.45, 7) is 0. The number of methoxy groups -OCH3 is 2. The van der Waals surface area contributed by atoms with E-state index < -0.39 is 0 Å². The number of ether oxygens (including phenoxy) is 2. The zero-order valence-electron chi connectivity index (χ0n) is 15.1. The van der Waals surface area contributed by atoms with Crippen molar-refractivity contribution in [3.63, 3.8) is 0 Å². The second-order valence-corrected chi connectivity index (χ2v) is 6.07. The number of hydrogen-bond donors (Lipinski definition) is 0. The van der Waals surface area contributed by atoms with Crippen LogP contribution >= 0.6 is 0 Å². The van der Waals surface area contributed by atoms with E-state index in [2.05, 4.69) is 0 Å². The number of hydrogen-bond acceptors (Lipinski definition) is 4. The minimum absolute atomic E-state index is 0.160. The van der Waals surface area contributed by atoms with Crippen LogP contribution in [0.3, 0.4) is 0 Å². The lowest BCUT2D eigenvalue weighted by Crippen LogP contribution is -2.05. The lowest BCUT2D eigenvalue weighted by Gasteiger charge is -2.15. The van der Waals surface area contributed by atoms with Crippen molar-refractivity contribution in [3.8, 4) is 33.9 Å². The van der Waals surface area contributed by atoms with Gasteiger partial charge >= 0.3 is 0 Å². The van der Waals surface area contributed by atoms with Gasteiger partial charge in [-0.2, -0.15) is 0 Å². The molecule has 0 fully saturated rings. The SMILES string of the molecule is COc1cc(OC)c2c(=O)cc(-c3ccccc3)oc2c1-c1ccccc1. The van der Waals surface area contributed by atoms with Crippen molar-refractivity contribution in [1.82, 2.24) is 0 Å². The maximum Gasteiger partial charge on any atom is 0.197 e. The van der Waals surface area contributed by atoms with Crippen molar-refractivity contribution >= 4 is 11.0 Å². The first kappa shape index (κ1) is 16.9. The Balaban J connectivity index is 2.14. The molecule has 0 atom stereocenters. The third-order valence-electron chi connectivity index (χ3n) is 4.49. The molecule has 0 radical (unpaired) electrons. The summed E-state index contributed by atoms with van der Waals surface area (Å²) in [5, 5.41) is 0.400. The average Bonchev–Trinajstić information content (AvgIpc) is 2.73. The van der Waals surface area contributed by atoms with Gasteiger partial charge in [-0.1, -0.05) is 60.7 Å². The van der Waals surface area contributed by atoms with Crippen LogP contribution in [-0.2, 0) is 0 Å². The van der Waals surface area contributed by atoms with Crippen molar-refractivity contribution in [1.29, 1.82) is 0 Å². The first-order valence-electron chi connectivity index (χ1n) is 8.56. The van der Waals surface area contributed by atoms with Crippen LogP contribution < -0.4 is 14.9 Å². The topological polar surface area (TPSA) is 48.7 Å². The zero-order valence-corrected chi connectivity index (χ0v) is 15.1. The van der Waals surface area contributed by atoms with Crippen LogP contribution in [0.5, 0.6) is 11.5 Å². The summed E-state index contributed by atoms with van der Waals surface area (Å²) in [4.78, 5) is 13.0. The van der Waals surface area contributed by atoms with E-state index in [0.717, 1.165) is 16.7 Å². The van der Waals surface area contributed by atoms with E-state index in [1.54, 1.807) is 13.2 Å². The van der Waals surface area contributed by atoms with Crippen LogP contribution in [0.2, 0.25) is 0 Å². The lowest BCUT2D eigenvalue weighted by atomic mass is 10.00. The Morgan fingerprint density at radius 3 is 1.93 bits per heavy atom. The van der Waals surface area contributed by atoms with E-state index in [1.165, 1.54) is 13.2 Å². The largest absolute Gasteiger partial charge is 0.496 e. The fourth-order valence-corrected chi connectivity index (χ4v) is 3.22. The molecule has 0 bridgehead atoms. The molecular formula is C23H18O4. The van der Waals surface area contributed by atoms with Gasteiger partial charge in [0.25, 0.3) is 0 Å².